The molecule has 0 saturated heterocycles. The number of esters is 1. The molecule has 0 aromatic heterocycles. The number of rotatable bonds is 9. The van der Waals surface area contributed by atoms with Crippen molar-refractivity contribution in [3.63, 3.8) is 0 Å². The van der Waals surface area contributed by atoms with Crippen molar-refractivity contribution in [3.05, 3.63) is 81.6 Å². The first kappa shape index (κ1) is 23.8. The lowest BCUT2D eigenvalue weighted by Gasteiger charge is -2.22. The van der Waals surface area contributed by atoms with E-state index in [4.69, 9.17) is 22.1 Å². The fraction of sp³-hybridized carbons (Fsp3) is 0.304. The van der Waals surface area contributed by atoms with Crippen LogP contribution >= 0.6 is 11.6 Å². The zero-order chi connectivity index (χ0) is 23.1. The molecule has 1 aliphatic heterocycles. The van der Waals surface area contributed by atoms with Crippen molar-refractivity contribution in [2.45, 2.75) is 19.4 Å². The molecule has 1 aliphatic rings. The molecule has 4 N–H and O–H groups in total. The van der Waals surface area contributed by atoms with Gasteiger partial charge in [0.1, 0.15) is 18.5 Å². The fourth-order valence-corrected chi connectivity index (χ4v) is 3.75. The minimum absolute atomic E-state index is 0.151. The largest absolute Gasteiger partial charge is 0.461 e. The third-order valence-corrected chi connectivity index (χ3v) is 6.17. The number of nitrogens with two attached hydrogens (primary N) is 1. The summed E-state index contributed by atoms with van der Waals surface area (Å²) in [6.07, 6.45) is 4.31. The second kappa shape index (κ2) is 11.2. The Morgan fingerprint density at radius 2 is 2.03 bits per heavy atom. The Kier molecular flexibility index (Phi) is 8.30. The number of halogens is 1. The Morgan fingerprint density at radius 1 is 1.28 bits per heavy atom. The highest BCUT2D eigenvalue weighted by Gasteiger charge is 2.18. The molecule has 9 heteroatoms. The topological polar surface area (TPSA) is 106 Å². The van der Waals surface area contributed by atoms with Crippen LogP contribution in [0.4, 0.5) is 0 Å². The summed E-state index contributed by atoms with van der Waals surface area (Å²) in [6.45, 7) is 2.79. The van der Waals surface area contributed by atoms with E-state index in [2.05, 4.69) is 15.6 Å². The van der Waals surface area contributed by atoms with Gasteiger partial charge in [-0.25, -0.2) is 9.79 Å². The molecule has 0 bridgehead atoms. The van der Waals surface area contributed by atoms with E-state index in [9.17, 15) is 9.00 Å². The maximum absolute atomic E-state index is 12.0. The molecule has 0 spiro atoms. The normalized spacial score (nSPS) is 16.4. The van der Waals surface area contributed by atoms with Crippen molar-refractivity contribution in [3.8, 4) is 0 Å². The molecule has 1 heterocycles. The van der Waals surface area contributed by atoms with E-state index in [0.29, 0.717) is 28.8 Å². The van der Waals surface area contributed by atoms with E-state index in [1.54, 1.807) is 18.4 Å². The molecule has 170 valence electrons. The summed E-state index contributed by atoms with van der Waals surface area (Å²) >= 11 is 6.25. The second-order valence-corrected chi connectivity index (χ2v) is 9.37. The third-order valence-electron chi connectivity index (χ3n) is 5.02. The summed E-state index contributed by atoms with van der Waals surface area (Å²) in [5, 5.41) is 7.10. The Balaban J connectivity index is 1.54. The van der Waals surface area contributed by atoms with Crippen LogP contribution in [0.15, 0.2) is 59.4 Å². The molecular weight excluding hydrogens is 448 g/mol. The van der Waals surface area contributed by atoms with Crippen LogP contribution in [0.25, 0.3) is 0 Å². The average Bonchev–Trinajstić information content (AvgIpc) is 2.75. The summed E-state index contributed by atoms with van der Waals surface area (Å²) in [6, 6.07) is 12.8. The molecule has 2 aromatic carbocycles. The van der Waals surface area contributed by atoms with Gasteiger partial charge in [0, 0.05) is 28.6 Å². The standard InChI is InChI=1S/C23H27ClN4O3S/c1-15-18(4-3-5-19(15)24)20-14-21(28-23(25)27-20)26-11-10-16-6-8-17(9-7-16)22(29)31-12-13-32(2)30/h3-9,14,20,26H,10-13H2,1-2H3,(H3,25,27,28). The van der Waals surface area contributed by atoms with Gasteiger partial charge < -0.3 is 21.1 Å². The van der Waals surface area contributed by atoms with Crippen LogP contribution < -0.4 is 16.4 Å². The van der Waals surface area contributed by atoms with Crippen LogP contribution in [0.1, 0.15) is 33.1 Å². The quantitative estimate of drug-likeness (QED) is 0.482. The van der Waals surface area contributed by atoms with Crippen LogP contribution in [0, 0.1) is 6.92 Å². The van der Waals surface area contributed by atoms with Crippen molar-refractivity contribution >= 4 is 34.3 Å². The van der Waals surface area contributed by atoms with Crippen LogP contribution in [0.3, 0.4) is 0 Å². The summed E-state index contributed by atoms with van der Waals surface area (Å²) in [5.74, 6) is 1.06. The second-order valence-electron chi connectivity index (χ2n) is 7.41. The molecule has 2 atom stereocenters. The summed E-state index contributed by atoms with van der Waals surface area (Å²) < 4.78 is 16.2. The minimum Gasteiger partial charge on any atom is -0.461 e. The van der Waals surface area contributed by atoms with Gasteiger partial charge in [0.15, 0.2) is 5.96 Å². The molecule has 2 unspecified atom stereocenters. The number of carbonyl (C=O) groups excluding carboxylic acids is 1. The van der Waals surface area contributed by atoms with Gasteiger partial charge in [-0.3, -0.25) is 4.21 Å². The minimum atomic E-state index is -0.981. The van der Waals surface area contributed by atoms with Crippen molar-refractivity contribution in [1.82, 2.24) is 10.6 Å². The molecule has 3 rings (SSSR count). The number of nitrogens with zero attached hydrogens (tertiary/aromatic N) is 1. The summed E-state index contributed by atoms with van der Waals surface area (Å²) in [7, 11) is -0.981. The lowest BCUT2D eigenvalue weighted by molar-refractivity contribution is 0.0530. The van der Waals surface area contributed by atoms with Crippen molar-refractivity contribution in [1.29, 1.82) is 0 Å². The van der Waals surface area contributed by atoms with Crippen molar-refractivity contribution < 1.29 is 13.7 Å². The van der Waals surface area contributed by atoms with E-state index in [1.807, 2.05) is 43.3 Å². The predicted octanol–water partition coefficient (Wildman–Crippen LogP) is 2.82. The van der Waals surface area contributed by atoms with Crippen LogP contribution in [-0.4, -0.2) is 41.3 Å². The summed E-state index contributed by atoms with van der Waals surface area (Å²) in [5.41, 5.74) is 9.52. The highest BCUT2D eigenvalue weighted by Crippen LogP contribution is 2.29. The predicted molar refractivity (Wildman–Crippen MR) is 129 cm³/mol. The fourth-order valence-electron chi connectivity index (χ4n) is 3.25. The first-order chi connectivity index (χ1) is 15.3. The van der Waals surface area contributed by atoms with E-state index in [0.717, 1.165) is 28.9 Å². The Morgan fingerprint density at radius 3 is 2.75 bits per heavy atom. The van der Waals surface area contributed by atoms with Gasteiger partial charge >= 0.3 is 5.97 Å². The molecule has 0 aliphatic carbocycles. The number of hydrogen-bond acceptors (Lipinski definition) is 7. The Bertz CT molecular complexity index is 1050. The monoisotopic (exact) mass is 474 g/mol. The van der Waals surface area contributed by atoms with Crippen LogP contribution in [0.5, 0.6) is 0 Å². The zero-order valence-corrected chi connectivity index (χ0v) is 19.6. The van der Waals surface area contributed by atoms with E-state index in [1.165, 1.54) is 0 Å². The summed E-state index contributed by atoms with van der Waals surface area (Å²) in [4.78, 5) is 16.5. The highest BCUT2D eigenvalue weighted by atomic mass is 35.5. The van der Waals surface area contributed by atoms with Gasteiger partial charge in [-0.05, 0) is 54.3 Å². The number of aliphatic imine (C=N–C) groups is 1. The smallest absolute Gasteiger partial charge is 0.338 e. The first-order valence-corrected chi connectivity index (χ1v) is 12.3. The molecule has 0 radical (unpaired) electrons. The lowest BCUT2D eigenvalue weighted by Crippen LogP contribution is -2.40. The number of benzene rings is 2. The van der Waals surface area contributed by atoms with Gasteiger partial charge in [-0.2, -0.15) is 0 Å². The maximum atomic E-state index is 12.0. The Labute approximate surface area is 195 Å². The van der Waals surface area contributed by atoms with Crippen molar-refractivity contribution in [2.75, 3.05) is 25.2 Å². The average molecular weight is 475 g/mol. The molecule has 0 amide bonds. The van der Waals surface area contributed by atoms with Gasteiger partial charge in [0.05, 0.1) is 11.3 Å². The van der Waals surface area contributed by atoms with Crippen LogP contribution in [0.2, 0.25) is 5.02 Å². The Hall–Kier alpha value is -2.84. The van der Waals surface area contributed by atoms with Crippen LogP contribution in [-0.2, 0) is 22.0 Å². The number of ether oxygens (including phenoxy) is 1. The van der Waals surface area contributed by atoms with Crippen molar-refractivity contribution in [2.24, 2.45) is 10.7 Å². The lowest BCUT2D eigenvalue weighted by atomic mass is 10.0. The van der Waals surface area contributed by atoms with Gasteiger partial charge in [0.25, 0.3) is 0 Å². The maximum Gasteiger partial charge on any atom is 0.338 e. The van der Waals surface area contributed by atoms with E-state index in [-0.39, 0.29) is 12.6 Å². The molecule has 32 heavy (non-hydrogen) atoms. The number of carbonyl (C=O) groups is 1. The van der Waals surface area contributed by atoms with E-state index >= 15 is 0 Å². The van der Waals surface area contributed by atoms with Gasteiger partial charge in [0.2, 0.25) is 0 Å². The van der Waals surface area contributed by atoms with Gasteiger partial charge in [-0.15, -0.1) is 0 Å². The van der Waals surface area contributed by atoms with Gasteiger partial charge in [-0.1, -0.05) is 35.9 Å². The number of nitrogens with one attached hydrogen (secondary N) is 2. The zero-order valence-electron chi connectivity index (χ0n) is 18.1. The first-order valence-electron chi connectivity index (χ1n) is 10.2. The molecule has 7 nitrogen and oxygen atoms in total. The highest BCUT2D eigenvalue weighted by molar-refractivity contribution is 7.84. The van der Waals surface area contributed by atoms with E-state index < -0.39 is 16.8 Å². The molecule has 0 fully saturated rings. The SMILES string of the molecule is Cc1c(Cl)cccc1C1C=C(NCCc2ccc(C(=O)OCCS(C)=O)cc2)NC(N)=N1. The number of hydrogen-bond donors (Lipinski definition) is 3. The molecule has 0 saturated carbocycles. The molecular formula is C23H27ClN4O3S. The third kappa shape index (κ3) is 6.58. The number of guanidine groups is 1. The molecule has 2 aromatic rings.